The molecular weight excluding hydrogens is 174 g/mol. The molecule has 0 bridgehead atoms. The molecule has 0 aromatic carbocycles. The van der Waals surface area contributed by atoms with Crippen molar-refractivity contribution in [1.82, 2.24) is 4.57 Å². The lowest BCUT2D eigenvalue weighted by molar-refractivity contribution is 0.845. The number of hydrogen-bond donors (Lipinski definition) is 0. The Balaban J connectivity index is 2.36. The van der Waals surface area contributed by atoms with Gasteiger partial charge in [-0.2, -0.15) is 0 Å². The molecule has 0 aliphatic heterocycles. The first kappa shape index (κ1) is 9.08. The second kappa shape index (κ2) is 3.34. The molecule has 1 heterocycles. The summed E-state index contributed by atoms with van der Waals surface area (Å²) in [5.74, 6) is 6.89. The first-order valence-electron chi connectivity index (χ1n) is 4.85. The molecule has 1 saturated carbocycles. The van der Waals surface area contributed by atoms with Gasteiger partial charge in [0.15, 0.2) is 0 Å². The van der Waals surface area contributed by atoms with E-state index in [0.717, 1.165) is 11.1 Å². The summed E-state index contributed by atoms with van der Waals surface area (Å²) >= 11 is 0. The third-order valence-corrected chi connectivity index (χ3v) is 2.36. The zero-order chi connectivity index (χ0) is 10.1. The van der Waals surface area contributed by atoms with E-state index in [2.05, 4.69) is 11.8 Å². The Hall–Kier alpha value is -1.49. The predicted molar refractivity (Wildman–Crippen MR) is 56.0 cm³/mol. The van der Waals surface area contributed by atoms with Crippen LogP contribution in [-0.4, -0.2) is 4.57 Å². The van der Waals surface area contributed by atoms with Crippen LogP contribution < -0.4 is 5.56 Å². The maximum absolute atomic E-state index is 11.4. The van der Waals surface area contributed by atoms with E-state index >= 15 is 0 Å². The van der Waals surface area contributed by atoms with E-state index < -0.39 is 0 Å². The highest BCUT2D eigenvalue weighted by Gasteiger charge is 2.17. The van der Waals surface area contributed by atoms with E-state index in [0.29, 0.717) is 5.92 Å². The summed E-state index contributed by atoms with van der Waals surface area (Å²) in [6.07, 6.45) is 4.26. The van der Waals surface area contributed by atoms with Crippen molar-refractivity contribution in [3.63, 3.8) is 0 Å². The summed E-state index contributed by atoms with van der Waals surface area (Å²) in [7, 11) is 1.76. The normalized spacial score (nSPS) is 14.7. The standard InChI is InChI=1S/C12H13NO/c1-9-7-11(6-5-10-3-4-10)8-13(2)12(9)14/h7-8,10H,3-4H2,1-2H3. The summed E-state index contributed by atoms with van der Waals surface area (Å²) in [6.45, 7) is 1.82. The van der Waals surface area contributed by atoms with Gasteiger partial charge in [-0.05, 0) is 25.8 Å². The van der Waals surface area contributed by atoms with Crippen LogP contribution in [0.15, 0.2) is 17.1 Å². The molecular formula is C12H13NO. The number of pyridine rings is 1. The Labute approximate surface area is 83.6 Å². The van der Waals surface area contributed by atoms with Crippen molar-refractivity contribution in [2.45, 2.75) is 19.8 Å². The molecule has 2 nitrogen and oxygen atoms in total. The van der Waals surface area contributed by atoms with Crippen LogP contribution in [-0.2, 0) is 7.05 Å². The van der Waals surface area contributed by atoms with Crippen molar-refractivity contribution in [1.29, 1.82) is 0 Å². The molecule has 1 aromatic heterocycles. The molecule has 0 amide bonds. The van der Waals surface area contributed by atoms with Crippen LogP contribution in [0, 0.1) is 24.7 Å². The van der Waals surface area contributed by atoms with Crippen molar-refractivity contribution in [3.05, 3.63) is 33.7 Å². The van der Waals surface area contributed by atoms with E-state index in [1.165, 1.54) is 12.8 Å². The smallest absolute Gasteiger partial charge is 0.253 e. The quantitative estimate of drug-likeness (QED) is 0.563. The van der Waals surface area contributed by atoms with Crippen LogP contribution >= 0.6 is 0 Å². The summed E-state index contributed by atoms with van der Waals surface area (Å²) in [5.41, 5.74) is 1.76. The van der Waals surface area contributed by atoms with Crippen molar-refractivity contribution in [2.75, 3.05) is 0 Å². The summed E-state index contributed by atoms with van der Waals surface area (Å²) in [6, 6.07) is 1.86. The van der Waals surface area contributed by atoms with Gasteiger partial charge in [0.05, 0.1) is 0 Å². The van der Waals surface area contributed by atoms with Crippen molar-refractivity contribution >= 4 is 0 Å². The SMILES string of the molecule is Cc1cc(C#CC2CC2)cn(C)c1=O. The molecule has 0 unspecified atom stereocenters. The van der Waals surface area contributed by atoms with E-state index in [-0.39, 0.29) is 5.56 Å². The molecule has 0 spiro atoms. The fourth-order valence-electron chi connectivity index (χ4n) is 1.36. The summed E-state index contributed by atoms with van der Waals surface area (Å²) in [5, 5.41) is 0. The van der Waals surface area contributed by atoms with Crippen LogP contribution in [0.1, 0.15) is 24.0 Å². The minimum atomic E-state index is 0.0574. The van der Waals surface area contributed by atoms with Crippen LogP contribution in [0.25, 0.3) is 0 Å². The molecule has 1 aromatic rings. The van der Waals surface area contributed by atoms with Gasteiger partial charge in [0, 0.05) is 30.3 Å². The average Bonchev–Trinajstić information content (AvgIpc) is 2.94. The number of aromatic nitrogens is 1. The highest BCUT2D eigenvalue weighted by atomic mass is 16.1. The Bertz CT molecular complexity index is 443. The van der Waals surface area contributed by atoms with Gasteiger partial charge in [-0.3, -0.25) is 4.79 Å². The van der Waals surface area contributed by atoms with Gasteiger partial charge in [0.25, 0.3) is 5.56 Å². The van der Waals surface area contributed by atoms with Crippen LogP contribution in [0.5, 0.6) is 0 Å². The molecule has 14 heavy (non-hydrogen) atoms. The average molecular weight is 187 g/mol. The monoisotopic (exact) mass is 187 g/mol. The zero-order valence-electron chi connectivity index (χ0n) is 8.50. The van der Waals surface area contributed by atoms with E-state index in [4.69, 9.17) is 0 Å². The molecule has 1 fully saturated rings. The van der Waals surface area contributed by atoms with E-state index in [9.17, 15) is 4.79 Å². The Kier molecular flexibility index (Phi) is 2.17. The third-order valence-electron chi connectivity index (χ3n) is 2.36. The molecule has 2 heteroatoms. The number of rotatable bonds is 0. The molecule has 0 atom stereocenters. The predicted octanol–water partition coefficient (Wildman–Crippen LogP) is 1.46. The van der Waals surface area contributed by atoms with E-state index in [1.807, 2.05) is 13.0 Å². The third kappa shape index (κ3) is 1.88. The maximum atomic E-state index is 11.4. The number of nitrogens with zero attached hydrogens (tertiary/aromatic N) is 1. The molecule has 0 radical (unpaired) electrons. The molecule has 72 valence electrons. The summed E-state index contributed by atoms with van der Waals surface area (Å²) < 4.78 is 1.59. The second-order valence-electron chi connectivity index (χ2n) is 3.87. The topological polar surface area (TPSA) is 22.0 Å². The van der Waals surface area contributed by atoms with Gasteiger partial charge < -0.3 is 4.57 Å². The highest BCUT2D eigenvalue weighted by molar-refractivity contribution is 5.35. The Morgan fingerprint density at radius 1 is 1.50 bits per heavy atom. The summed E-state index contributed by atoms with van der Waals surface area (Å²) in [4.78, 5) is 11.4. The molecule has 2 rings (SSSR count). The lowest BCUT2D eigenvalue weighted by Crippen LogP contribution is -2.18. The van der Waals surface area contributed by atoms with Gasteiger partial charge in [0.1, 0.15) is 0 Å². The first-order chi connectivity index (χ1) is 6.66. The van der Waals surface area contributed by atoms with Crippen molar-refractivity contribution in [3.8, 4) is 11.8 Å². The fraction of sp³-hybridized carbons (Fsp3) is 0.417. The lowest BCUT2D eigenvalue weighted by Gasteiger charge is -1.99. The molecule has 0 saturated heterocycles. The van der Waals surface area contributed by atoms with Gasteiger partial charge in [-0.25, -0.2) is 0 Å². The van der Waals surface area contributed by atoms with Gasteiger partial charge in [0.2, 0.25) is 0 Å². The largest absolute Gasteiger partial charge is 0.317 e. The Morgan fingerprint density at radius 2 is 2.21 bits per heavy atom. The lowest BCUT2D eigenvalue weighted by atomic mass is 10.2. The van der Waals surface area contributed by atoms with Crippen LogP contribution in [0.3, 0.4) is 0 Å². The van der Waals surface area contributed by atoms with Crippen LogP contribution in [0.2, 0.25) is 0 Å². The first-order valence-corrected chi connectivity index (χ1v) is 4.85. The van der Waals surface area contributed by atoms with Crippen molar-refractivity contribution < 1.29 is 0 Å². The highest BCUT2D eigenvalue weighted by Crippen LogP contribution is 2.27. The Morgan fingerprint density at radius 3 is 2.79 bits per heavy atom. The fourth-order valence-corrected chi connectivity index (χ4v) is 1.36. The van der Waals surface area contributed by atoms with E-state index in [1.54, 1.807) is 17.8 Å². The van der Waals surface area contributed by atoms with Gasteiger partial charge in [-0.1, -0.05) is 11.8 Å². The molecule has 0 N–H and O–H groups in total. The minimum Gasteiger partial charge on any atom is -0.317 e. The zero-order valence-corrected chi connectivity index (χ0v) is 8.50. The van der Waals surface area contributed by atoms with Crippen molar-refractivity contribution in [2.24, 2.45) is 13.0 Å². The van der Waals surface area contributed by atoms with Gasteiger partial charge in [-0.15, -0.1) is 0 Å². The number of hydrogen-bond acceptors (Lipinski definition) is 1. The molecule has 1 aliphatic carbocycles. The minimum absolute atomic E-state index is 0.0574. The maximum Gasteiger partial charge on any atom is 0.253 e. The number of aryl methyl sites for hydroxylation is 2. The molecule has 1 aliphatic rings. The van der Waals surface area contributed by atoms with Gasteiger partial charge >= 0.3 is 0 Å². The van der Waals surface area contributed by atoms with Crippen LogP contribution in [0.4, 0.5) is 0 Å². The second-order valence-corrected chi connectivity index (χ2v) is 3.87.